The normalized spacial score (nSPS) is 19.8. The van der Waals surface area contributed by atoms with Gasteiger partial charge < -0.3 is 24.0 Å². The molecule has 2 heterocycles. The molecule has 0 N–H and O–H groups in total. The Kier molecular flexibility index (Phi) is 11.3. The number of halogens is 1. The van der Waals surface area contributed by atoms with E-state index in [1.807, 2.05) is 23.5 Å². The molecule has 0 aromatic rings. The summed E-state index contributed by atoms with van der Waals surface area (Å²) in [6.07, 6.45) is 14.2. The molecule has 2 fully saturated rings. The summed E-state index contributed by atoms with van der Waals surface area (Å²) in [6.45, 7) is 7.28. The average molecular weight is 454 g/mol. The maximum atomic E-state index is 2.65. The lowest BCUT2D eigenvalue weighted by Crippen LogP contribution is -3.00. The van der Waals surface area contributed by atoms with Crippen LogP contribution in [0.4, 0.5) is 0 Å². The molecule has 0 aromatic carbocycles. The second kappa shape index (κ2) is 12.1. The Morgan fingerprint density at radius 2 is 1.68 bits per heavy atom. The standard InChI is InChI=1S/C17H31N2S2.HI/c1-3-14-21-17(20-2)15-16(18-10-6-4-7-11-18)19-12-8-5-9-13-19;/h15H,3-14H2,1-2H3;1H/q+1;/p-1/b17-15+;. The average Bonchev–Trinajstić information content (AvgIpc) is 2.57. The van der Waals surface area contributed by atoms with Crippen LogP contribution in [0.5, 0.6) is 0 Å². The summed E-state index contributed by atoms with van der Waals surface area (Å²) in [6, 6.07) is 0. The van der Waals surface area contributed by atoms with Crippen LogP contribution in [0.1, 0.15) is 51.9 Å². The molecule has 2 nitrogen and oxygen atoms in total. The van der Waals surface area contributed by atoms with E-state index in [-0.39, 0.29) is 24.0 Å². The minimum atomic E-state index is 0. The highest BCUT2D eigenvalue weighted by atomic mass is 127. The molecule has 0 saturated carbocycles. The first kappa shape index (κ1) is 20.7. The summed E-state index contributed by atoms with van der Waals surface area (Å²) < 4.78 is 4.14. The van der Waals surface area contributed by atoms with Crippen LogP contribution in [0.2, 0.25) is 0 Å². The van der Waals surface area contributed by atoms with Crippen LogP contribution in [0, 0.1) is 0 Å². The van der Waals surface area contributed by atoms with E-state index in [1.54, 1.807) is 0 Å². The van der Waals surface area contributed by atoms with E-state index >= 15 is 0 Å². The van der Waals surface area contributed by atoms with Crippen molar-refractivity contribution < 1.29 is 28.6 Å². The Morgan fingerprint density at radius 1 is 1.05 bits per heavy atom. The number of thioether (sulfide) groups is 2. The third-order valence-electron chi connectivity index (χ3n) is 4.26. The predicted molar refractivity (Wildman–Crippen MR) is 98.6 cm³/mol. The smallest absolute Gasteiger partial charge is 0.273 e. The second-order valence-corrected chi connectivity index (χ2v) is 8.21. The maximum absolute atomic E-state index is 2.65. The van der Waals surface area contributed by atoms with Crippen LogP contribution in [-0.4, -0.2) is 53.5 Å². The second-order valence-electron chi connectivity index (χ2n) is 5.97. The Morgan fingerprint density at radius 3 is 2.27 bits per heavy atom. The predicted octanol–water partition coefficient (Wildman–Crippen LogP) is 1.42. The molecule has 128 valence electrons. The van der Waals surface area contributed by atoms with Crippen LogP contribution in [0.25, 0.3) is 0 Å². The van der Waals surface area contributed by atoms with Gasteiger partial charge >= 0.3 is 0 Å². The molecular weight excluding hydrogens is 423 g/mol. The zero-order valence-electron chi connectivity index (χ0n) is 14.2. The van der Waals surface area contributed by atoms with Crippen molar-refractivity contribution in [2.24, 2.45) is 0 Å². The summed E-state index contributed by atoms with van der Waals surface area (Å²) in [5.41, 5.74) is 0. The highest BCUT2D eigenvalue weighted by molar-refractivity contribution is 8.22. The van der Waals surface area contributed by atoms with Crippen LogP contribution < -0.4 is 24.0 Å². The first-order valence-electron chi connectivity index (χ1n) is 8.60. The van der Waals surface area contributed by atoms with Crippen molar-refractivity contribution in [3.05, 3.63) is 10.3 Å². The fraction of sp³-hybridized carbons (Fsp3) is 0.824. The van der Waals surface area contributed by atoms with E-state index in [0.29, 0.717) is 0 Å². The number of hydrogen-bond donors (Lipinski definition) is 0. The van der Waals surface area contributed by atoms with Crippen LogP contribution in [0.3, 0.4) is 0 Å². The quantitative estimate of drug-likeness (QED) is 0.353. The Balaban J connectivity index is 0.00000242. The van der Waals surface area contributed by atoms with E-state index in [2.05, 4.69) is 28.7 Å². The van der Waals surface area contributed by atoms with Gasteiger partial charge in [0.1, 0.15) is 0 Å². The molecule has 0 radical (unpaired) electrons. The van der Waals surface area contributed by atoms with Gasteiger partial charge in [-0.2, -0.15) is 0 Å². The summed E-state index contributed by atoms with van der Waals surface area (Å²) in [5, 5.41) is 0. The lowest BCUT2D eigenvalue weighted by molar-refractivity contribution is -0.541. The first-order valence-corrected chi connectivity index (χ1v) is 10.8. The third-order valence-corrected chi connectivity index (χ3v) is 6.65. The number of piperidine rings is 2. The van der Waals surface area contributed by atoms with Gasteiger partial charge in [0.05, 0.1) is 26.2 Å². The molecule has 0 aliphatic carbocycles. The van der Waals surface area contributed by atoms with Crippen LogP contribution in [-0.2, 0) is 0 Å². The lowest BCUT2D eigenvalue weighted by Gasteiger charge is -2.26. The minimum absolute atomic E-state index is 0. The highest BCUT2D eigenvalue weighted by Crippen LogP contribution is 2.27. The number of likely N-dealkylation sites (tertiary alicyclic amines) is 1. The van der Waals surface area contributed by atoms with Crippen molar-refractivity contribution in [2.45, 2.75) is 51.9 Å². The van der Waals surface area contributed by atoms with Gasteiger partial charge in [0.15, 0.2) is 0 Å². The summed E-state index contributed by atoms with van der Waals surface area (Å²) in [5.74, 6) is 2.75. The van der Waals surface area contributed by atoms with Gasteiger partial charge in [-0.05, 0) is 57.0 Å². The first-order chi connectivity index (χ1) is 10.3. The van der Waals surface area contributed by atoms with Crippen molar-refractivity contribution in [3.63, 3.8) is 0 Å². The van der Waals surface area contributed by atoms with Crippen LogP contribution >= 0.6 is 23.5 Å². The lowest BCUT2D eigenvalue weighted by atomic mass is 10.1. The number of hydrogen-bond acceptors (Lipinski definition) is 2. The van der Waals surface area contributed by atoms with E-state index < -0.39 is 0 Å². The van der Waals surface area contributed by atoms with E-state index in [1.165, 1.54) is 87.0 Å². The molecule has 0 spiro atoms. The van der Waals surface area contributed by atoms with Crippen molar-refractivity contribution in [1.29, 1.82) is 0 Å². The van der Waals surface area contributed by atoms with Gasteiger partial charge in [-0.25, -0.2) is 0 Å². The third kappa shape index (κ3) is 6.63. The van der Waals surface area contributed by atoms with Gasteiger partial charge in [0, 0.05) is 10.3 Å². The fourth-order valence-corrected chi connectivity index (χ4v) is 4.63. The topological polar surface area (TPSA) is 6.25 Å². The summed E-state index contributed by atoms with van der Waals surface area (Å²) >= 11 is 3.94. The van der Waals surface area contributed by atoms with Gasteiger partial charge in [-0.3, -0.25) is 9.48 Å². The SMILES string of the molecule is CCCS/C(=C/C(N1CCCCC1)=[N+]1CCCCC1)SC.[I-]. The maximum Gasteiger partial charge on any atom is 0.273 e. The van der Waals surface area contributed by atoms with Gasteiger partial charge in [-0.1, -0.05) is 6.92 Å². The van der Waals surface area contributed by atoms with Crippen molar-refractivity contribution in [2.75, 3.05) is 38.2 Å². The number of nitrogens with zero attached hydrogens (tertiary/aromatic N) is 2. The molecule has 2 saturated heterocycles. The number of amidine groups is 1. The largest absolute Gasteiger partial charge is 1.00 e. The number of rotatable bonds is 5. The molecule has 0 atom stereocenters. The molecule has 2 aliphatic rings. The Labute approximate surface area is 162 Å². The monoisotopic (exact) mass is 454 g/mol. The zero-order valence-corrected chi connectivity index (χ0v) is 17.9. The van der Waals surface area contributed by atoms with Crippen LogP contribution in [0.15, 0.2) is 10.3 Å². The minimum Gasteiger partial charge on any atom is -1.00 e. The molecule has 2 rings (SSSR count). The zero-order chi connectivity index (χ0) is 14.9. The molecular formula is C17H31IN2S2. The molecule has 0 unspecified atom stereocenters. The van der Waals surface area contributed by atoms with E-state index in [9.17, 15) is 0 Å². The van der Waals surface area contributed by atoms with Gasteiger partial charge in [0.25, 0.3) is 5.84 Å². The molecule has 5 heteroatoms. The Bertz CT molecular complexity index is 369. The van der Waals surface area contributed by atoms with Crippen molar-refractivity contribution >= 4 is 29.4 Å². The summed E-state index contributed by atoms with van der Waals surface area (Å²) in [7, 11) is 0. The van der Waals surface area contributed by atoms with Gasteiger partial charge in [0.2, 0.25) is 0 Å². The molecule has 0 amide bonds. The van der Waals surface area contributed by atoms with Crippen molar-refractivity contribution in [1.82, 2.24) is 4.90 Å². The fourth-order valence-electron chi connectivity index (χ4n) is 3.10. The van der Waals surface area contributed by atoms with Gasteiger partial charge in [-0.15, -0.1) is 23.5 Å². The van der Waals surface area contributed by atoms with Crippen molar-refractivity contribution in [3.8, 4) is 0 Å². The molecule has 0 bridgehead atoms. The molecule has 22 heavy (non-hydrogen) atoms. The highest BCUT2D eigenvalue weighted by Gasteiger charge is 2.25. The Hall–Kier alpha value is 0.640. The molecule has 0 aromatic heterocycles. The molecule has 2 aliphatic heterocycles. The van der Waals surface area contributed by atoms with E-state index in [4.69, 9.17) is 0 Å². The van der Waals surface area contributed by atoms with E-state index in [0.717, 1.165) is 0 Å². The summed E-state index contributed by atoms with van der Waals surface area (Å²) in [4.78, 5) is 2.65.